The van der Waals surface area contributed by atoms with Gasteiger partial charge in [0.15, 0.2) is 0 Å². The van der Waals surface area contributed by atoms with Crippen molar-refractivity contribution in [3.8, 4) is 0 Å². The topological polar surface area (TPSA) is 53.4 Å². The highest BCUT2D eigenvalue weighted by Crippen LogP contribution is 2.18. The number of aliphatic hydroxyl groups excluding tert-OH is 2. The fraction of sp³-hybridized carbons (Fsp3) is 0.571. The quantitative estimate of drug-likeness (QED) is 0.639. The van der Waals surface area contributed by atoms with Crippen molar-refractivity contribution in [1.82, 2.24) is 4.98 Å². The van der Waals surface area contributed by atoms with Gasteiger partial charge in [-0.15, -0.1) is 11.3 Å². The van der Waals surface area contributed by atoms with Crippen LogP contribution in [0, 0.1) is 0 Å². The van der Waals surface area contributed by atoms with Crippen LogP contribution in [0.2, 0.25) is 0 Å². The van der Waals surface area contributed by atoms with Gasteiger partial charge in [-0.05, 0) is 12.2 Å². The summed E-state index contributed by atoms with van der Waals surface area (Å²) < 4.78 is 0. The van der Waals surface area contributed by atoms with E-state index < -0.39 is 12.2 Å². The molecule has 12 heavy (non-hydrogen) atoms. The second-order valence-electron chi connectivity index (χ2n) is 2.44. The Morgan fingerprint density at radius 1 is 1.58 bits per heavy atom. The first kappa shape index (κ1) is 9.98. The van der Waals surface area contributed by atoms with Gasteiger partial charge in [-0.1, -0.05) is 0 Å². The number of hydrogen-bond acceptors (Lipinski definition) is 5. The molecule has 0 radical (unpaired) electrons. The van der Waals surface area contributed by atoms with Gasteiger partial charge in [0.2, 0.25) is 0 Å². The van der Waals surface area contributed by atoms with Crippen molar-refractivity contribution in [3.63, 3.8) is 0 Å². The number of nitrogens with zero attached hydrogens (tertiary/aromatic N) is 1. The predicted octanol–water partition coefficient (Wildman–Crippen LogP) is 0.857. The Morgan fingerprint density at radius 3 is 2.83 bits per heavy atom. The van der Waals surface area contributed by atoms with E-state index in [4.69, 9.17) is 0 Å². The van der Waals surface area contributed by atoms with Crippen LogP contribution in [-0.4, -0.2) is 27.1 Å². The number of thiazole rings is 1. The van der Waals surface area contributed by atoms with Crippen molar-refractivity contribution in [2.24, 2.45) is 0 Å². The highest BCUT2D eigenvalue weighted by molar-refractivity contribution is 7.80. The molecule has 3 nitrogen and oxygen atoms in total. The highest BCUT2D eigenvalue weighted by atomic mass is 32.1. The Bertz CT molecular complexity index is 215. The van der Waals surface area contributed by atoms with Crippen LogP contribution in [0.1, 0.15) is 18.2 Å². The number of aliphatic hydroxyl groups is 2. The lowest BCUT2D eigenvalue weighted by molar-refractivity contribution is 0.0150. The summed E-state index contributed by atoms with van der Waals surface area (Å²) in [5.41, 5.74) is 2.17. The molecule has 2 unspecified atom stereocenters. The molecule has 0 saturated heterocycles. The predicted molar refractivity (Wildman–Crippen MR) is 51.6 cm³/mol. The first-order valence-corrected chi connectivity index (χ1v) is 5.18. The summed E-state index contributed by atoms with van der Waals surface area (Å²) in [6, 6.07) is 0. The molecular formula is C7H11NO2S2. The van der Waals surface area contributed by atoms with Crippen molar-refractivity contribution in [2.75, 3.05) is 5.75 Å². The second-order valence-corrected chi connectivity index (χ2v) is 3.60. The molecule has 0 aliphatic rings. The molecule has 68 valence electrons. The maximum atomic E-state index is 9.47. The van der Waals surface area contributed by atoms with E-state index in [1.165, 1.54) is 11.3 Å². The molecule has 1 rings (SSSR count). The Labute approximate surface area is 80.5 Å². The van der Waals surface area contributed by atoms with Gasteiger partial charge in [-0.3, -0.25) is 0 Å². The largest absolute Gasteiger partial charge is 0.390 e. The molecule has 0 amide bonds. The summed E-state index contributed by atoms with van der Waals surface area (Å²) in [5, 5.41) is 20.6. The Morgan fingerprint density at radius 2 is 2.33 bits per heavy atom. The maximum Gasteiger partial charge on any atom is 0.123 e. The molecule has 0 saturated carbocycles. The lowest BCUT2D eigenvalue weighted by Gasteiger charge is -2.14. The van der Waals surface area contributed by atoms with Gasteiger partial charge in [-0.2, -0.15) is 12.6 Å². The van der Waals surface area contributed by atoms with E-state index in [1.807, 2.05) is 0 Å². The van der Waals surface area contributed by atoms with Gasteiger partial charge < -0.3 is 10.2 Å². The summed E-state index contributed by atoms with van der Waals surface area (Å²) in [6.07, 6.45) is -1.16. The molecular weight excluding hydrogens is 194 g/mol. The molecule has 1 heterocycles. The van der Waals surface area contributed by atoms with Gasteiger partial charge >= 0.3 is 0 Å². The molecule has 1 aromatic heterocycles. The third-order valence-electron chi connectivity index (χ3n) is 1.54. The lowest BCUT2D eigenvalue weighted by atomic mass is 10.1. The smallest absolute Gasteiger partial charge is 0.123 e. The molecule has 0 fully saturated rings. The van der Waals surface area contributed by atoms with E-state index in [9.17, 15) is 10.2 Å². The molecule has 5 heteroatoms. The molecule has 0 aliphatic carbocycles. The Hall–Kier alpha value is -0.100. The SMILES string of the molecule is OC(CCS)C(O)c1cscn1. The van der Waals surface area contributed by atoms with Crippen molar-refractivity contribution < 1.29 is 10.2 Å². The third kappa shape index (κ3) is 2.45. The van der Waals surface area contributed by atoms with E-state index in [-0.39, 0.29) is 0 Å². The Balaban J connectivity index is 2.53. The van der Waals surface area contributed by atoms with Crippen LogP contribution < -0.4 is 0 Å². The van der Waals surface area contributed by atoms with Gasteiger partial charge in [-0.25, -0.2) is 4.98 Å². The number of thiol groups is 1. The number of aromatic nitrogens is 1. The molecule has 2 atom stereocenters. The summed E-state index contributed by atoms with van der Waals surface area (Å²) in [5.74, 6) is 0.558. The minimum Gasteiger partial charge on any atom is -0.390 e. The molecule has 0 spiro atoms. The Kier molecular flexibility index (Phi) is 4.00. The van der Waals surface area contributed by atoms with Crippen LogP contribution in [0.5, 0.6) is 0 Å². The average molecular weight is 205 g/mol. The first-order valence-electron chi connectivity index (χ1n) is 3.60. The van der Waals surface area contributed by atoms with Crippen LogP contribution in [0.3, 0.4) is 0 Å². The van der Waals surface area contributed by atoms with Crippen molar-refractivity contribution in [3.05, 3.63) is 16.6 Å². The third-order valence-corrected chi connectivity index (χ3v) is 2.41. The maximum absolute atomic E-state index is 9.47. The van der Waals surface area contributed by atoms with E-state index in [2.05, 4.69) is 17.6 Å². The summed E-state index contributed by atoms with van der Waals surface area (Å²) in [4.78, 5) is 3.90. The van der Waals surface area contributed by atoms with Crippen LogP contribution in [0.4, 0.5) is 0 Å². The molecule has 1 aromatic rings. The lowest BCUT2D eigenvalue weighted by Crippen LogP contribution is -2.18. The molecule has 0 aromatic carbocycles. The van der Waals surface area contributed by atoms with E-state index in [1.54, 1.807) is 10.9 Å². The van der Waals surface area contributed by atoms with Crippen molar-refractivity contribution >= 4 is 24.0 Å². The summed E-state index contributed by atoms with van der Waals surface area (Å²) in [7, 11) is 0. The second kappa shape index (κ2) is 4.81. The van der Waals surface area contributed by atoms with Crippen LogP contribution in [0.15, 0.2) is 10.9 Å². The number of hydrogen-bond donors (Lipinski definition) is 3. The van der Waals surface area contributed by atoms with Crippen LogP contribution in [0.25, 0.3) is 0 Å². The zero-order valence-corrected chi connectivity index (χ0v) is 8.13. The number of rotatable bonds is 4. The zero-order chi connectivity index (χ0) is 8.97. The average Bonchev–Trinajstić information content (AvgIpc) is 2.55. The van der Waals surface area contributed by atoms with Gasteiger partial charge in [0.1, 0.15) is 6.10 Å². The minimum absolute atomic E-state index is 0.474. The monoisotopic (exact) mass is 205 g/mol. The van der Waals surface area contributed by atoms with Crippen LogP contribution >= 0.6 is 24.0 Å². The normalized spacial score (nSPS) is 15.9. The first-order chi connectivity index (χ1) is 5.75. The van der Waals surface area contributed by atoms with Gasteiger partial charge in [0, 0.05) is 5.38 Å². The van der Waals surface area contributed by atoms with E-state index >= 15 is 0 Å². The summed E-state index contributed by atoms with van der Waals surface area (Å²) >= 11 is 5.37. The van der Waals surface area contributed by atoms with E-state index in [0.717, 1.165) is 0 Å². The van der Waals surface area contributed by atoms with Gasteiger partial charge in [0.25, 0.3) is 0 Å². The van der Waals surface area contributed by atoms with Crippen molar-refractivity contribution in [2.45, 2.75) is 18.6 Å². The molecule has 0 aliphatic heterocycles. The standard InChI is InChI=1S/C7H11NO2S2/c9-6(1-2-11)7(10)5-3-12-4-8-5/h3-4,6-7,9-11H,1-2H2. The van der Waals surface area contributed by atoms with Crippen molar-refractivity contribution in [1.29, 1.82) is 0 Å². The fourth-order valence-electron chi connectivity index (χ4n) is 0.855. The molecule has 2 N–H and O–H groups in total. The summed E-state index contributed by atoms with van der Waals surface area (Å²) in [6.45, 7) is 0. The van der Waals surface area contributed by atoms with Gasteiger partial charge in [0.05, 0.1) is 17.3 Å². The zero-order valence-electron chi connectivity index (χ0n) is 6.42. The minimum atomic E-state index is -0.872. The highest BCUT2D eigenvalue weighted by Gasteiger charge is 2.18. The molecule has 0 bridgehead atoms. The van der Waals surface area contributed by atoms with E-state index in [0.29, 0.717) is 17.9 Å². The van der Waals surface area contributed by atoms with Crippen LogP contribution in [-0.2, 0) is 0 Å². The fourth-order valence-corrected chi connectivity index (χ4v) is 1.70.